The van der Waals surface area contributed by atoms with Crippen LogP contribution < -0.4 is 11.1 Å². The Morgan fingerprint density at radius 1 is 1.69 bits per heavy atom. The average Bonchev–Trinajstić information content (AvgIpc) is 2.59. The van der Waals surface area contributed by atoms with Crippen LogP contribution in [-0.2, 0) is 13.6 Å². The maximum Gasteiger partial charge on any atom is 0.188 e. The first kappa shape index (κ1) is 11.0. The summed E-state index contributed by atoms with van der Waals surface area (Å²) in [6.45, 7) is 1.50. The first-order chi connectivity index (χ1) is 7.74. The lowest BCUT2D eigenvalue weighted by Gasteiger charge is -2.25. The Morgan fingerprint density at radius 3 is 3.06 bits per heavy atom. The SMILES string of the molecule is Cn1ccc(CN=C(N)NCC2CCC2)n1. The first-order valence-corrected chi connectivity index (χ1v) is 5.76. The normalized spacial score (nSPS) is 17.2. The minimum absolute atomic E-state index is 0.526. The third kappa shape index (κ3) is 2.98. The molecular weight excluding hydrogens is 202 g/mol. The van der Waals surface area contributed by atoms with E-state index in [-0.39, 0.29) is 0 Å². The molecule has 0 radical (unpaired) electrons. The molecule has 1 aliphatic carbocycles. The van der Waals surface area contributed by atoms with Gasteiger partial charge in [0.05, 0.1) is 12.2 Å². The van der Waals surface area contributed by atoms with Gasteiger partial charge < -0.3 is 11.1 Å². The fourth-order valence-electron chi connectivity index (χ4n) is 1.72. The first-order valence-electron chi connectivity index (χ1n) is 5.76. The summed E-state index contributed by atoms with van der Waals surface area (Å²) in [4.78, 5) is 4.25. The molecule has 0 spiro atoms. The van der Waals surface area contributed by atoms with E-state index >= 15 is 0 Å². The van der Waals surface area contributed by atoms with Gasteiger partial charge in [-0.2, -0.15) is 5.10 Å². The number of aromatic nitrogens is 2. The molecule has 5 nitrogen and oxygen atoms in total. The molecule has 0 atom stereocenters. The number of guanidine groups is 1. The molecule has 1 saturated carbocycles. The van der Waals surface area contributed by atoms with Gasteiger partial charge in [-0.15, -0.1) is 0 Å². The Hall–Kier alpha value is -1.52. The van der Waals surface area contributed by atoms with Crippen LogP contribution in [0.2, 0.25) is 0 Å². The Balaban J connectivity index is 1.73. The van der Waals surface area contributed by atoms with E-state index < -0.39 is 0 Å². The smallest absolute Gasteiger partial charge is 0.188 e. The molecule has 16 heavy (non-hydrogen) atoms. The highest BCUT2D eigenvalue weighted by Crippen LogP contribution is 2.24. The number of rotatable bonds is 4. The van der Waals surface area contributed by atoms with Crippen molar-refractivity contribution in [3.63, 3.8) is 0 Å². The second-order valence-electron chi connectivity index (χ2n) is 4.36. The third-order valence-corrected chi connectivity index (χ3v) is 2.98. The summed E-state index contributed by atoms with van der Waals surface area (Å²) in [6.07, 6.45) is 5.90. The molecule has 0 bridgehead atoms. The molecule has 1 aliphatic rings. The molecule has 0 aliphatic heterocycles. The number of nitrogens with two attached hydrogens (primary N) is 1. The van der Waals surface area contributed by atoms with E-state index in [0.29, 0.717) is 12.5 Å². The number of hydrogen-bond acceptors (Lipinski definition) is 2. The van der Waals surface area contributed by atoms with Gasteiger partial charge in [0, 0.05) is 19.8 Å². The van der Waals surface area contributed by atoms with Crippen LogP contribution in [0.3, 0.4) is 0 Å². The van der Waals surface area contributed by atoms with Gasteiger partial charge >= 0.3 is 0 Å². The molecule has 2 rings (SSSR count). The number of nitrogens with zero attached hydrogens (tertiary/aromatic N) is 3. The van der Waals surface area contributed by atoms with Gasteiger partial charge in [0.1, 0.15) is 0 Å². The fraction of sp³-hybridized carbons (Fsp3) is 0.636. The average molecular weight is 221 g/mol. The van der Waals surface area contributed by atoms with E-state index in [9.17, 15) is 0 Å². The lowest BCUT2D eigenvalue weighted by atomic mass is 9.85. The summed E-state index contributed by atoms with van der Waals surface area (Å²) in [5, 5.41) is 7.39. The Morgan fingerprint density at radius 2 is 2.50 bits per heavy atom. The van der Waals surface area contributed by atoms with Crippen LogP contribution in [0.1, 0.15) is 25.0 Å². The monoisotopic (exact) mass is 221 g/mol. The van der Waals surface area contributed by atoms with Crippen LogP contribution in [0, 0.1) is 5.92 Å². The maximum atomic E-state index is 5.76. The quantitative estimate of drug-likeness (QED) is 0.578. The van der Waals surface area contributed by atoms with E-state index in [1.165, 1.54) is 19.3 Å². The molecule has 5 heteroatoms. The highest BCUT2D eigenvalue weighted by molar-refractivity contribution is 5.77. The molecule has 1 aromatic heterocycles. The van der Waals surface area contributed by atoms with E-state index in [1.807, 2.05) is 19.3 Å². The maximum absolute atomic E-state index is 5.76. The van der Waals surface area contributed by atoms with Gasteiger partial charge in [-0.1, -0.05) is 6.42 Å². The van der Waals surface area contributed by atoms with Crippen molar-refractivity contribution in [2.24, 2.45) is 23.7 Å². The van der Waals surface area contributed by atoms with E-state index in [1.54, 1.807) is 4.68 Å². The summed E-state index contributed by atoms with van der Waals surface area (Å²) < 4.78 is 1.77. The van der Waals surface area contributed by atoms with Crippen molar-refractivity contribution < 1.29 is 0 Å². The summed E-state index contributed by atoms with van der Waals surface area (Å²) >= 11 is 0. The minimum Gasteiger partial charge on any atom is -0.370 e. The second-order valence-corrected chi connectivity index (χ2v) is 4.36. The molecule has 0 unspecified atom stereocenters. The van der Waals surface area contributed by atoms with Gasteiger partial charge in [0.25, 0.3) is 0 Å². The molecule has 0 aromatic carbocycles. The third-order valence-electron chi connectivity index (χ3n) is 2.98. The predicted molar refractivity (Wildman–Crippen MR) is 63.9 cm³/mol. The van der Waals surface area contributed by atoms with Crippen molar-refractivity contribution in [3.05, 3.63) is 18.0 Å². The van der Waals surface area contributed by atoms with Crippen LogP contribution in [0.4, 0.5) is 0 Å². The van der Waals surface area contributed by atoms with Crippen molar-refractivity contribution >= 4 is 5.96 Å². The van der Waals surface area contributed by atoms with Crippen molar-refractivity contribution in [3.8, 4) is 0 Å². The topological polar surface area (TPSA) is 68.2 Å². The Kier molecular flexibility index (Phi) is 3.44. The lowest BCUT2D eigenvalue weighted by Crippen LogP contribution is -2.37. The number of aryl methyl sites for hydroxylation is 1. The Labute approximate surface area is 95.7 Å². The Bertz CT molecular complexity index is 364. The molecule has 1 fully saturated rings. The summed E-state index contributed by atoms with van der Waals surface area (Å²) in [5.41, 5.74) is 6.70. The molecule has 88 valence electrons. The number of aliphatic imine (C=N–C) groups is 1. The second kappa shape index (κ2) is 5.01. The van der Waals surface area contributed by atoms with E-state index in [4.69, 9.17) is 5.73 Å². The molecule has 0 saturated heterocycles. The van der Waals surface area contributed by atoms with Crippen LogP contribution in [0.25, 0.3) is 0 Å². The minimum atomic E-state index is 0.526. The van der Waals surface area contributed by atoms with Crippen LogP contribution in [0.15, 0.2) is 17.3 Å². The molecule has 0 amide bonds. The summed E-state index contributed by atoms with van der Waals surface area (Å²) in [5.74, 6) is 1.32. The van der Waals surface area contributed by atoms with Crippen molar-refractivity contribution in [2.75, 3.05) is 6.54 Å². The molecule has 1 heterocycles. The van der Waals surface area contributed by atoms with Crippen LogP contribution >= 0.6 is 0 Å². The molecular formula is C11H19N5. The lowest BCUT2D eigenvalue weighted by molar-refractivity contribution is 0.315. The van der Waals surface area contributed by atoms with Crippen LogP contribution in [0.5, 0.6) is 0 Å². The zero-order chi connectivity index (χ0) is 11.4. The van der Waals surface area contributed by atoms with Gasteiger partial charge in [-0.25, -0.2) is 4.99 Å². The zero-order valence-corrected chi connectivity index (χ0v) is 9.69. The number of hydrogen-bond donors (Lipinski definition) is 2. The predicted octanol–water partition coefficient (Wildman–Crippen LogP) is 0.624. The van der Waals surface area contributed by atoms with Gasteiger partial charge in [-0.05, 0) is 24.8 Å². The molecule has 1 aromatic rings. The zero-order valence-electron chi connectivity index (χ0n) is 9.69. The summed E-state index contributed by atoms with van der Waals surface area (Å²) in [7, 11) is 1.89. The van der Waals surface area contributed by atoms with E-state index in [0.717, 1.165) is 18.2 Å². The van der Waals surface area contributed by atoms with Crippen LogP contribution in [-0.4, -0.2) is 22.3 Å². The van der Waals surface area contributed by atoms with Gasteiger partial charge in [0.2, 0.25) is 0 Å². The van der Waals surface area contributed by atoms with Crippen molar-refractivity contribution in [1.29, 1.82) is 0 Å². The molecule has 3 N–H and O–H groups in total. The van der Waals surface area contributed by atoms with Gasteiger partial charge in [-0.3, -0.25) is 4.68 Å². The standard InChI is InChI=1S/C11H19N5/c1-16-6-5-10(15-16)8-14-11(12)13-7-9-3-2-4-9/h5-6,9H,2-4,7-8H2,1H3,(H3,12,13,14). The largest absolute Gasteiger partial charge is 0.370 e. The highest BCUT2D eigenvalue weighted by atomic mass is 15.3. The van der Waals surface area contributed by atoms with Crippen molar-refractivity contribution in [2.45, 2.75) is 25.8 Å². The van der Waals surface area contributed by atoms with Gasteiger partial charge in [0.15, 0.2) is 5.96 Å². The van der Waals surface area contributed by atoms with E-state index in [2.05, 4.69) is 15.4 Å². The van der Waals surface area contributed by atoms with Crippen molar-refractivity contribution in [1.82, 2.24) is 15.1 Å². The number of nitrogens with one attached hydrogen (secondary N) is 1. The highest BCUT2D eigenvalue weighted by Gasteiger charge is 2.16. The fourth-order valence-corrected chi connectivity index (χ4v) is 1.72. The summed E-state index contributed by atoms with van der Waals surface area (Å²) in [6, 6.07) is 1.95.